The molecule has 1 unspecified atom stereocenters. The molecule has 0 aromatic heterocycles. The van der Waals surface area contributed by atoms with Gasteiger partial charge in [0, 0.05) is 0 Å². The number of benzene rings is 1. The number of carbonyl (C=O) groups is 1. The zero-order valence-electron chi connectivity index (χ0n) is 15.7. The predicted octanol–water partition coefficient (Wildman–Crippen LogP) is 4.84. The lowest BCUT2D eigenvalue weighted by molar-refractivity contribution is 0.00291. The molecular formula is C22H27NO2S. The van der Waals surface area contributed by atoms with Crippen molar-refractivity contribution in [2.24, 2.45) is 22.1 Å². The molecule has 1 aromatic rings. The SMILES string of the molecule is CCC1(C)Oc2ccccc2C(=O)C1=S=NC12CC3CC(CC(C3)C1)C2. The van der Waals surface area contributed by atoms with Crippen LogP contribution >= 0.6 is 0 Å². The van der Waals surface area contributed by atoms with Crippen LogP contribution < -0.4 is 4.74 Å². The lowest BCUT2D eigenvalue weighted by Gasteiger charge is -2.54. The lowest BCUT2D eigenvalue weighted by atomic mass is 9.53. The van der Waals surface area contributed by atoms with E-state index in [0.29, 0.717) is 11.3 Å². The summed E-state index contributed by atoms with van der Waals surface area (Å²) in [5.74, 6) is 3.42. The minimum absolute atomic E-state index is 0.106. The van der Waals surface area contributed by atoms with Crippen molar-refractivity contribution in [1.82, 2.24) is 0 Å². The maximum Gasteiger partial charge on any atom is 0.208 e. The quantitative estimate of drug-likeness (QED) is 0.700. The molecule has 138 valence electrons. The molecule has 0 amide bonds. The number of para-hydroxylation sites is 1. The molecule has 6 rings (SSSR count). The molecule has 0 N–H and O–H groups in total. The third kappa shape index (κ3) is 2.52. The normalized spacial score (nSPS) is 40.2. The molecule has 5 aliphatic rings. The number of rotatable bonds is 2. The van der Waals surface area contributed by atoms with E-state index in [1.807, 2.05) is 31.2 Å². The Morgan fingerprint density at radius 1 is 1.12 bits per heavy atom. The summed E-state index contributed by atoms with van der Waals surface area (Å²) in [4.78, 5) is 14.0. The van der Waals surface area contributed by atoms with Crippen molar-refractivity contribution in [2.75, 3.05) is 0 Å². The van der Waals surface area contributed by atoms with Gasteiger partial charge in [-0.15, -0.1) is 0 Å². The van der Waals surface area contributed by atoms with Crippen LogP contribution in [0.3, 0.4) is 0 Å². The van der Waals surface area contributed by atoms with Crippen molar-refractivity contribution in [3.05, 3.63) is 29.8 Å². The van der Waals surface area contributed by atoms with E-state index in [1.54, 1.807) is 0 Å². The molecule has 4 bridgehead atoms. The minimum Gasteiger partial charge on any atom is -0.481 e. The fraction of sp³-hybridized carbons (Fsp3) is 0.636. The maximum atomic E-state index is 13.2. The number of carbonyl (C=O) groups excluding carboxylic acids is 1. The van der Waals surface area contributed by atoms with Gasteiger partial charge in [0.1, 0.15) is 16.2 Å². The molecule has 1 heterocycles. The van der Waals surface area contributed by atoms with Crippen LogP contribution in [-0.4, -0.2) is 21.8 Å². The van der Waals surface area contributed by atoms with Crippen LogP contribution in [0.1, 0.15) is 69.2 Å². The van der Waals surface area contributed by atoms with Crippen LogP contribution in [0.15, 0.2) is 28.6 Å². The van der Waals surface area contributed by atoms with Gasteiger partial charge >= 0.3 is 0 Å². The molecule has 0 saturated heterocycles. The Bertz CT molecular complexity index is 803. The van der Waals surface area contributed by atoms with Crippen LogP contribution in [0.4, 0.5) is 0 Å². The summed E-state index contributed by atoms with van der Waals surface area (Å²) >= 11 is 1.46. The number of hydrogen-bond acceptors (Lipinski definition) is 3. The number of ether oxygens (including phenoxy) is 1. The molecule has 1 aliphatic heterocycles. The lowest BCUT2D eigenvalue weighted by Crippen LogP contribution is -2.50. The monoisotopic (exact) mass is 369 g/mol. The molecule has 26 heavy (non-hydrogen) atoms. The summed E-state index contributed by atoms with van der Waals surface area (Å²) in [5.41, 5.74) is 0.224. The summed E-state index contributed by atoms with van der Waals surface area (Å²) in [6, 6.07) is 7.62. The summed E-state index contributed by atoms with van der Waals surface area (Å²) in [6.07, 6.45) is 8.70. The van der Waals surface area contributed by atoms with E-state index >= 15 is 0 Å². The van der Waals surface area contributed by atoms with Gasteiger partial charge in [-0.2, -0.15) is 0 Å². The third-order valence-electron chi connectivity index (χ3n) is 7.16. The molecule has 1 atom stereocenters. The molecule has 0 spiro atoms. The summed E-state index contributed by atoms with van der Waals surface area (Å²) in [6.45, 7) is 4.13. The van der Waals surface area contributed by atoms with Crippen molar-refractivity contribution in [3.8, 4) is 5.75 Å². The first-order valence-electron chi connectivity index (χ1n) is 10.1. The number of nitrogens with zero attached hydrogens (tertiary/aromatic N) is 1. The van der Waals surface area contributed by atoms with Crippen LogP contribution in [0.25, 0.3) is 0 Å². The molecular weight excluding hydrogens is 342 g/mol. The first-order valence-corrected chi connectivity index (χ1v) is 10.9. The molecule has 1 aromatic carbocycles. The van der Waals surface area contributed by atoms with Gasteiger partial charge < -0.3 is 4.74 Å². The number of ketones is 1. The van der Waals surface area contributed by atoms with Gasteiger partial charge in [0.05, 0.1) is 11.1 Å². The van der Waals surface area contributed by atoms with Crippen LogP contribution in [0, 0.1) is 17.8 Å². The first-order chi connectivity index (χ1) is 12.5. The van der Waals surface area contributed by atoms with E-state index < -0.39 is 5.60 Å². The Hall–Kier alpha value is -1.42. The Balaban J connectivity index is 1.57. The zero-order chi connectivity index (χ0) is 17.9. The number of hydrogen-bond donors (Lipinski definition) is 0. The summed E-state index contributed by atoms with van der Waals surface area (Å²) in [5, 5.41) is 0. The summed E-state index contributed by atoms with van der Waals surface area (Å²) < 4.78 is 11.5. The fourth-order valence-corrected chi connectivity index (χ4v) is 7.17. The van der Waals surface area contributed by atoms with E-state index in [9.17, 15) is 4.79 Å². The Morgan fingerprint density at radius 2 is 1.73 bits per heavy atom. The van der Waals surface area contributed by atoms with E-state index in [2.05, 4.69) is 6.92 Å². The summed E-state index contributed by atoms with van der Waals surface area (Å²) in [7, 11) is 0. The van der Waals surface area contributed by atoms with Crippen molar-refractivity contribution in [3.63, 3.8) is 0 Å². The van der Waals surface area contributed by atoms with E-state index in [4.69, 9.17) is 9.10 Å². The van der Waals surface area contributed by atoms with Crippen molar-refractivity contribution in [2.45, 2.75) is 69.9 Å². The van der Waals surface area contributed by atoms with Crippen LogP contribution in [0.5, 0.6) is 5.75 Å². The average Bonchev–Trinajstić information content (AvgIpc) is 2.60. The highest BCUT2D eigenvalue weighted by molar-refractivity contribution is 7.71. The first kappa shape index (κ1) is 16.7. The van der Waals surface area contributed by atoms with Crippen molar-refractivity contribution >= 4 is 21.8 Å². The van der Waals surface area contributed by atoms with Gasteiger partial charge in [0.25, 0.3) is 0 Å². The second-order valence-corrected chi connectivity index (χ2v) is 9.94. The Kier molecular flexibility index (Phi) is 3.72. The van der Waals surface area contributed by atoms with Gasteiger partial charge in [0.2, 0.25) is 5.78 Å². The smallest absolute Gasteiger partial charge is 0.208 e. The molecule has 4 aliphatic carbocycles. The standard InChI is InChI=1S/C22H27NO2S/c1-3-21(2)20(19(24)17-6-4-5-7-18(17)25-21)26-23-22-11-14-8-15(12-22)10-16(9-14)13-22/h4-7,14-16H,3,8-13H2,1-2H3. The third-order valence-corrected chi connectivity index (χ3v) is 8.44. The molecule has 0 radical (unpaired) electrons. The highest BCUT2D eigenvalue weighted by Crippen LogP contribution is 2.57. The van der Waals surface area contributed by atoms with Gasteiger partial charge in [-0.1, -0.05) is 19.1 Å². The average molecular weight is 370 g/mol. The molecule has 4 fully saturated rings. The van der Waals surface area contributed by atoms with Gasteiger partial charge in [0.15, 0.2) is 0 Å². The fourth-order valence-electron chi connectivity index (χ4n) is 6.08. The molecule has 4 saturated carbocycles. The zero-order valence-corrected chi connectivity index (χ0v) is 16.5. The van der Waals surface area contributed by atoms with Crippen LogP contribution in [-0.2, 0) is 11.1 Å². The van der Waals surface area contributed by atoms with Crippen LogP contribution in [0.2, 0.25) is 0 Å². The maximum absolute atomic E-state index is 13.2. The Morgan fingerprint density at radius 3 is 2.35 bits per heavy atom. The Labute approximate surface area is 159 Å². The van der Waals surface area contributed by atoms with Gasteiger partial charge in [-0.25, -0.2) is 4.36 Å². The topological polar surface area (TPSA) is 38.7 Å². The molecule has 4 heteroatoms. The van der Waals surface area contributed by atoms with E-state index in [0.717, 1.165) is 29.0 Å². The second-order valence-electron chi connectivity index (χ2n) is 9.17. The van der Waals surface area contributed by atoms with Crippen molar-refractivity contribution in [1.29, 1.82) is 0 Å². The second kappa shape index (κ2) is 5.79. The number of fused-ring (bicyclic) bond motifs is 1. The van der Waals surface area contributed by atoms with Gasteiger partial charge in [-0.3, -0.25) is 4.79 Å². The minimum atomic E-state index is -0.568. The van der Waals surface area contributed by atoms with Gasteiger partial charge in [-0.05, 0) is 92.9 Å². The van der Waals surface area contributed by atoms with E-state index in [1.165, 1.54) is 49.7 Å². The highest BCUT2D eigenvalue weighted by atomic mass is 32.1. The van der Waals surface area contributed by atoms with E-state index in [-0.39, 0.29) is 11.3 Å². The highest BCUT2D eigenvalue weighted by Gasteiger charge is 2.51. The largest absolute Gasteiger partial charge is 0.481 e. The van der Waals surface area contributed by atoms with Crippen molar-refractivity contribution < 1.29 is 9.53 Å². The molecule has 3 nitrogen and oxygen atoms in total. The number of Topliss-reactive ketones (excluding diaryl/α,β-unsaturated/α-hetero) is 1. The predicted molar refractivity (Wildman–Crippen MR) is 106 cm³/mol.